The summed E-state index contributed by atoms with van der Waals surface area (Å²) in [5.41, 5.74) is 2.10. The fourth-order valence-corrected chi connectivity index (χ4v) is 4.16. The molecule has 2 saturated heterocycles. The Balaban J connectivity index is 1.62. The minimum absolute atomic E-state index is 0.0182. The van der Waals surface area contributed by atoms with E-state index >= 15 is 0 Å². The predicted molar refractivity (Wildman–Crippen MR) is 95.0 cm³/mol. The van der Waals surface area contributed by atoms with Gasteiger partial charge in [0, 0.05) is 48.1 Å². The molecule has 5 heteroatoms. The number of nitrogens with zero attached hydrogens (tertiary/aromatic N) is 2. The molecular formula is C17H25N3OS. The van der Waals surface area contributed by atoms with Crippen LogP contribution in [0.15, 0.2) is 24.3 Å². The first kappa shape index (κ1) is 15.5. The molecule has 2 aliphatic heterocycles. The van der Waals surface area contributed by atoms with Crippen molar-refractivity contribution < 1.29 is 4.79 Å². The highest BCUT2D eigenvalue weighted by atomic mass is 32.2. The zero-order valence-corrected chi connectivity index (χ0v) is 14.3. The Morgan fingerprint density at radius 1 is 1.14 bits per heavy atom. The second-order valence-electron chi connectivity index (χ2n) is 6.64. The van der Waals surface area contributed by atoms with Crippen molar-refractivity contribution in [2.75, 3.05) is 41.4 Å². The smallest absolute Gasteiger partial charge is 0.322 e. The predicted octanol–water partition coefficient (Wildman–Crippen LogP) is 3.65. The number of carbonyl (C=O) groups excluding carboxylic acids is 1. The van der Waals surface area contributed by atoms with E-state index in [0.717, 1.165) is 38.2 Å². The van der Waals surface area contributed by atoms with Crippen molar-refractivity contribution in [1.29, 1.82) is 0 Å². The molecule has 0 aromatic heterocycles. The van der Waals surface area contributed by atoms with E-state index in [-0.39, 0.29) is 11.6 Å². The van der Waals surface area contributed by atoms with Crippen molar-refractivity contribution in [2.24, 2.45) is 0 Å². The van der Waals surface area contributed by atoms with Crippen LogP contribution in [0, 0.1) is 0 Å². The van der Waals surface area contributed by atoms with Gasteiger partial charge in [-0.2, -0.15) is 11.8 Å². The highest BCUT2D eigenvalue weighted by molar-refractivity contribution is 7.99. The van der Waals surface area contributed by atoms with Crippen molar-refractivity contribution >= 4 is 29.2 Å². The molecule has 1 N–H and O–H groups in total. The minimum Gasteiger partial charge on any atom is -0.370 e. The summed E-state index contributed by atoms with van der Waals surface area (Å²) in [5.74, 6) is 2.39. The molecule has 4 nitrogen and oxygen atoms in total. The molecule has 3 rings (SSSR count). The van der Waals surface area contributed by atoms with Crippen molar-refractivity contribution in [3.8, 4) is 0 Å². The van der Waals surface area contributed by atoms with E-state index in [2.05, 4.69) is 36.2 Å². The summed E-state index contributed by atoms with van der Waals surface area (Å²) >= 11 is 2.01. The Labute approximate surface area is 137 Å². The van der Waals surface area contributed by atoms with Gasteiger partial charge in [-0.1, -0.05) is 0 Å². The van der Waals surface area contributed by atoms with Crippen molar-refractivity contribution in [3.63, 3.8) is 0 Å². The molecule has 22 heavy (non-hydrogen) atoms. The first-order valence-electron chi connectivity index (χ1n) is 8.08. The average Bonchev–Trinajstić information content (AvgIpc) is 2.88. The first-order chi connectivity index (χ1) is 10.6. The molecule has 0 aliphatic carbocycles. The Kier molecular flexibility index (Phi) is 4.52. The van der Waals surface area contributed by atoms with E-state index in [0.29, 0.717) is 0 Å². The van der Waals surface area contributed by atoms with Gasteiger partial charge in [-0.05, 0) is 51.0 Å². The van der Waals surface area contributed by atoms with Crippen molar-refractivity contribution in [3.05, 3.63) is 24.3 Å². The second kappa shape index (κ2) is 6.41. The molecule has 0 atom stereocenters. The second-order valence-corrected chi connectivity index (χ2v) is 7.87. The summed E-state index contributed by atoms with van der Waals surface area (Å²) < 4.78 is 0. The van der Waals surface area contributed by atoms with Gasteiger partial charge in [0.2, 0.25) is 0 Å². The maximum atomic E-state index is 12.4. The number of urea groups is 1. The highest BCUT2D eigenvalue weighted by Gasteiger charge is 2.35. The van der Waals surface area contributed by atoms with Gasteiger partial charge >= 0.3 is 6.03 Å². The number of thioether (sulfide) groups is 1. The van der Waals surface area contributed by atoms with Crippen LogP contribution in [0.2, 0.25) is 0 Å². The third-order valence-electron chi connectivity index (χ3n) is 4.64. The van der Waals surface area contributed by atoms with Crippen LogP contribution in [0.1, 0.15) is 26.7 Å². The number of anilines is 2. The summed E-state index contributed by atoms with van der Waals surface area (Å²) in [4.78, 5) is 16.8. The first-order valence-corrected chi connectivity index (χ1v) is 9.23. The largest absolute Gasteiger partial charge is 0.370 e. The summed E-state index contributed by atoms with van der Waals surface area (Å²) in [7, 11) is 0. The molecule has 1 aromatic carbocycles. The summed E-state index contributed by atoms with van der Waals surface area (Å²) in [5, 5.41) is 3.03. The van der Waals surface area contributed by atoms with Gasteiger partial charge in [0.1, 0.15) is 0 Å². The number of likely N-dealkylation sites (tertiary alicyclic amines) is 1. The lowest BCUT2D eigenvalue weighted by Gasteiger charge is -2.31. The molecular weight excluding hydrogens is 294 g/mol. The van der Waals surface area contributed by atoms with E-state index in [1.807, 2.05) is 28.8 Å². The van der Waals surface area contributed by atoms with Crippen LogP contribution >= 0.6 is 11.8 Å². The standard InChI is InChI=1S/C17H25N3OS/c1-17(2)8-3-9-20(17)16(21)18-14-4-6-15(7-5-14)19-10-12-22-13-11-19/h4-7H,3,8-13H2,1-2H3,(H,18,21). The molecule has 0 saturated carbocycles. The van der Waals surface area contributed by atoms with E-state index < -0.39 is 0 Å². The molecule has 2 fully saturated rings. The third kappa shape index (κ3) is 3.35. The number of hydrogen-bond donors (Lipinski definition) is 1. The Morgan fingerprint density at radius 2 is 1.82 bits per heavy atom. The molecule has 0 spiro atoms. The highest BCUT2D eigenvalue weighted by Crippen LogP contribution is 2.29. The fourth-order valence-electron chi connectivity index (χ4n) is 3.25. The summed E-state index contributed by atoms with van der Waals surface area (Å²) in [6.07, 6.45) is 2.17. The normalized spacial score (nSPS) is 21.0. The van der Waals surface area contributed by atoms with Crippen LogP contribution in [-0.2, 0) is 0 Å². The van der Waals surface area contributed by atoms with Crippen LogP contribution in [0.25, 0.3) is 0 Å². The number of hydrogen-bond acceptors (Lipinski definition) is 3. The van der Waals surface area contributed by atoms with Crippen LogP contribution in [-0.4, -0.2) is 47.6 Å². The van der Waals surface area contributed by atoms with Gasteiger partial charge in [-0.3, -0.25) is 0 Å². The van der Waals surface area contributed by atoms with Crippen LogP contribution in [0.3, 0.4) is 0 Å². The molecule has 1 aromatic rings. The molecule has 2 amide bonds. The van der Waals surface area contributed by atoms with Crippen molar-refractivity contribution in [2.45, 2.75) is 32.2 Å². The number of benzene rings is 1. The van der Waals surface area contributed by atoms with E-state index in [1.54, 1.807) is 0 Å². The lowest BCUT2D eigenvalue weighted by atomic mass is 10.0. The SMILES string of the molecule is CC1(C)CCCN1C(=O)Nc1ccc(N2CCSCC2)cc1. The molecule has 120 valence electrons. The Morgan fingerprint density at radius 3 is 2.41 bits per heavy atom. The quantitative estimate of drug-likeness (QED) is 0.904. The molecule has 0 bridgehead atoms. The molecule has 0 unspecified atom stereocenters. The minimum atomic E-state index is -0.0323. The van der Waals surface area contributed by atoms with Gasteiger partial charge in [0.05, 0.1) is 0 Å². The van der Waals surface area contributed by atoms with Gasteiger partial charge in [0.25, 0.3) is 0 Å². The Bertz CT molecular complexity index is 523. The summed E-state index contributed by atoms with van der Waals surface area (Å²) in [6, 6.07) is 8.27. The van der Waals surface area contributed by atoms with Gasteiger partial charge < -0.3 is 15.1 Å². The molecule has 0 radical (unpaired) electrons. The van der Waals surface area contributed by atoms with E-state index in [4.69, 9.17) is 0 Å². The average molecular weight is 319 g/mol. The maximum absolute atomic E-state index is 12.4. The molecule has 2 heterocycles. The maximum Gasteiger partial charge on any atom is 0.322 e. The van der Waals surface area contributed by atoms with Crippen LogP contribution < -0.4 is 10.2 Å². The van der Waals surface area contributed by atoms with Crippen LogP contribution in [0.5, 0.6) is 0 Å². The van der Waals surface area contributed by atoms with Gasteiger partial charge in [0.15, 0.2) is 0 Å². The lowest BCUT2D eigenvalue weighted by molar-refractivity contribution is 0.178. The van der Waals surface area contributed by atoms with Gasteiger partial charge in [-0.25, -0.2) is 4.79 Å². The Hall–Kier alpha value is -1.36. The van der Waals surface area contributed by atoms with Crippen LogP contribution in [0.4, 0.5) is 16.2 Å². The monoisotopic (exact) mass is 319 g/mol. The number of amides is 2. The summed E-state index contributed by atoms with van der Waals surface area (Å²) in [6.45, 7) is 7.34. The topological polar surface area (TPSA) is 35.6 Å². The number of carbonyl (C=O) groups is 1. The zero-order valence-electron chi connectivity index (χ0n) is 13.5. The van der Waals surface area contributed by atoms with Gasteiger partial charge in [-0.15, -0.1) is 0 Å². The fraction of sp³-hybridized carbons (Fsp3) is 0.588. The zero-order chi connectivity index (χ0) is 15.6. The van der Waals surface area contributed by atoms with E-state index in [9.17, 15) is 4.79 Å². The number of nitrogens with one attached hydrogen (secondary N) is 1. The number of rotatable bonds is 2. The third-order valence-corrected chi connectivity index (χ3v) is 5.58. The molecule has 2 aliphatic rings. The van der Waals surface area contributed by atoms with Crippen molar-refractivity contribution in [1.82, 2.24) is 4.90 Å². The van der Waals surface area contributed by atoms with E-state index in [1.165, 1.54) is 17.2 Å². The lowest BCUT2D eigenvalue weighted by Crippen LogP contribution is -2.44.